The van der Waals surface area contributed by atoms with Gasteiger partial charge < -0.3 is 9.73 Å². The van der Waals surface area contributed by atoms with Gasteiger partial charge in [-0.3, -0.25) is 10.4 Å². The summed E-state index contributed by atoms with van der Waals surface area (Å²) in [5, 5.41) is 7.42. The third-order valence-electron chi connectivity index (χ3n) is 2.09. The number of nitrogens with zero attached hydrogens (tertiary/aromatic N) is 2. The smallest absolute Gasteiger partial charge is 0.187 e. The maximum atomic E-state index is 5.16. The molecule has 0 amide bonds. The van der Waals surface area contributed by atoms with Crippen molar-refractivity contribution in [1.82, 2.24) is 15.7 Å². The van der Waals surface area contributed by atoms with E-state index in [9.17, 15) is 0 Å². The van der Waals surface area contributed by atoms with E-state index < -0.39 is 0 Å². The van der Waals surface area contributed by atoms with Crippen molar-refractivity contribution in [3.63, 3.8) is 0 Å². The van der Waals surface area contributed by atoms with E-state index >= 15 is 0 Å². The second-order valence-electron chi connectivity index (χ2n) is 3.41. The molecule has 0 unspecified atom stereocenters. The maximum Gasteiger partial charge on any atom is 0.187 e. The molecule has 0 fully saturated rings. The first-order valence-electron chi connectivity index (χ1n) is 5.34. The van der Waals surface area contributed by atoms with Crippen LogP contribution in [0.2, 0.25) is 0 Å². The van der Waals surface area contributed by atoms with Crippen molar-refractivity contribution in [2.45, 2.75) is 6.54 Å². The number of hydrogen-bond donors (Lipinski definition) is 2. The minimum atomic E-state index is 0.441. The minimum absolute atomic E-state index is 0.441. The summed E-state index contributed by atoms with van der Waals surface area (Å²) in [5.74, 6) is 0.817. The minimum Gasteiger partial charge on any atom is -0.467 e. The summed E-state index contributed by atoms with van der Waals surface area (Å²) in [4.78, 5) is 3.92. The molecule has 0 aliphatic heterocycles. The highest BCUT2D eigenvalue weighted by Crippen LogP contribution is 1.98. The topological polar surface area (TPSA) is 62.5 Å². The molecule has 2 aromatic rings. The van der Waals surface area contributed by atoms with Crippen LogP contribution in [0.4, 0.5) is 0 Å². The Morgan fingerprint density at radius 1 is 1.39 bits per heavy atom. The first-order valence-corrected chi connectivity index (χ1v) is 5.75. The molecule has 2 aromatic heterocycles. The Morgan fingerprint density at radius 2 is 2.22 bits per heavy atom. The number of thiocarbonyl (C=S) groups is 1. The molecule has 0 aromatic carbocycles. The number of aromatic nitrogens is 1. The number of nitrogens with one attached hydrogen (secondary N) is 2. The van der Waals surface area contributed by atoms with E-state index in [1.807, 2.05) is 24.3 Å². The molecule has 92 valence electrons. The van der Waals surface area contributed by atoms with Crippen molar-refractivity contribution in [2.75, 3.05) is 0 Å². The fourth-order valence-corrected chi connectivity index (χ4v) is 1.36. The lowest BCUT2D eigenvalue weighted by Gasteiger charge is -2.04. The maximum absolute atomic E-state index is 5.16. The zero-order chi connectivity index (χ0) is 12.6. The van der Waals surface area contributed by atoms with Crippen LogP contribution in [-0.2, 0) is 6.54 Å². The molecule has 0 spiro atoms. The van der Waals surface area contributed by atoms with Crippen LogP contribution in [0, 0.1) is 0 Å². The molecular weight excluding hydrogens is 248 g/mol. The van der Waals surface area contributed by atoms with Crippen molar-refractivity contribution >= 4 is 23.5 Å². The van der Waals surface area contributed by atoms with E-state index in [4.69, 9.17) is 16.6 Å². The molecule has 0 bridgehead atoms. The number of pyridine rings is 1. The summed E-state index contributed by atoms with van der Waals surface area (Å²) in [6.45, 7) is 0.531. The van der Waals surface area contributed by atoms with Gasteiger partial charge in [-0.2, -0.15) is 5.10 Å². The Bertz CT molecular complexity index is 510. The molecule has 0 atom stereocenters. The van der Waals surface area contributed by atoms with Gasteiger partial charge in [-0.15, -0.1) is 0 Å². The van der Waals surface area contributed by atoms with Gasteiger partial charge in [0.1, 0.15) is 5.76 Å². The Balaban J connectivity index is 1.73. The lowest BCUT2D eigenvalue weighted by molar-refractivity contribution is 0.502. The van der Waals surface area contributed by atoms with Crippen LogP contribution in [0.1, 0.15) is 11.3 Å². The molecule has 2 heterocycles. The largest absolute Gasteiger partial charge is 0.467 e. The highest BCUT2D eigenvalue weighted by Gasteiger charge is 1.96. The van der Waals surface area contributed by atoms with Gasteiger partial charge in [-0.25, -0.2) is 0 Å². The molecule has 0 saturated carbocycles. The highest BCUT2D eigenvalue weighted by atomic mass is 32.1. The average molecular weight is 260 g/mol. The van der Waals surface area contributed by atoms with E-state index in [0.717, 1.165) is 11.3 Å². The molecular formula is C12H12N4OS. The van der Waals surface area contributed by atoms with Gasteiger partial charge in [0, 0.05) is 12.4 Å². The molecule has 5 nitrogen and oxygen atoms in total. The fourth-order valence-electron chi connectivity index (χ4n) is 1.24. The zero-order valence-electron chi connectivity index (χ0n) is 9.54. The summed E-state index contributed by atoms with van der Waals surface area (Å²) in [6.07, 6.45) is 6.70. The van der Waals surface area contributed by atoms with Gasteiger partial charge in [0.15, 0.2) is 5.11 Å². The summed E-state index contributed by atoms with van der Waals surface area (Å²) in [5.41, 5.74) is 3.67. The predicted octanol–water partition coefficient (Wildman–Crippen LogP) is 1.67. The van der Waals surface area contributed by atoms with Crippen molar-refractivity contribution in [3.8, 4) is 0 Å². The normalized spacial score (nSPS) is 10.4. The Morgan fingerprint density at radius 3 is 2.94 bits per heavy atom. The SMILES string of the molecule is S=C(NCc1ccco1)N/N=C\c1ccncc1. The number of hydrazone groups is 1. The standard InChI is InChI=1S/C12H12N4OS/c18-12(14-9-11-2-1-7-17-11)16-15-8-10-3-5-13-6-4-10/h1-8H,9H2,(H2,14,16,18)/b15-8-. The lowest BCUT2D eigenvalue weighted by Crippen LogP contribution is -2.31. The first-order chi connectivity index (χ1) is 8.84. The van der Waals surface area contributed by atoms with E-state index in [2.05, 4.69) is 20.8 Å². The van der Waals surface area contributed by atoms with Crippen molar-refractivity contribution in [3.05, 3.63) is 54.2 Å². The van der Waals surface area contributed by atoms with E-state index in [1.54, 1.807) is 24.9 Å². The third kappa shape index (κ3) is 3.99. The first kappa shape index (κ1) is 12.3. The van der Waals surface area contributed by atoms with Gasteiger partial charge in [0.25, 0.3) is 0 Å². The summed E-state index contributed by atoms with van der Waals surface area (Å²) >= 11 is 5.05. The molecule has 0 radical (unpaired) electrons. The molecule has 0 aliphatic carbocycles. The average Bonchev–Trinajstić information content (AvgIpc) is 2.91. The van der Waals surface area contributed by atoms with E-state index in [-0.39, 0.29) is 0 Å². The Hall–Kier alpha value is -2.21. The van der Waals surface area contributed by atoms with Gasteiger partial charge in [0.05, 0.1) is 19.0 Å². The summed E-state index contributed by atoms with van der Waals surface area (Å²) in [6, 6.07) is 7.40. The third-order valence-corrected chi connectivity index (χ3v) is 2.32. The van der Waals surface area contributed by atoms with Crippen LogP contribution in [0.15, 0.2) is 52.4 Å². The Kier molecular flexibility index (Phi) is 4.43. The van der Waals surface area contributed by atoms with Crippen molar-refractivity contribution < 1.29 is 4.42 Å². The van der Waals surface area contributed by atoms with Crippen LogP contribution in [0.25, 0.3) is 0 Å². The molecule has 0 aliphatic rings. The van der Waals surface area contributed by atoms with Crippen LogP contribution >= 0.6 is 12.2 Å². The summed E-state index contributed by atoms with van der Waals surface area (Å²) < 4.78 is 5.16. The van der Waals surface area contributed by atoms with Crippen LogP contribution in [0.3, 0.4) is 0 Å². The second kappa shape index (κ2) is 6.51. The van der Waals surface area contributed by atoms with Crippen molar-refractivity contribution in [2.24, 2.45) is 5.10 Å². The van der Waals surface area contributed by atoms with E-state index in [0.29, 0.717) is 11.7 Å². The van der Waals surface area contributed by atoms with Crippen LogP contribution < -0.4 is 10.7 Å². The molecule has 2 N–H and O–H groups in total. The quantitative estimate of drug-likeness (QED) is 0.497. The monoisotopic (exact) mass is 260 g/mol. The van der Waals surface area contributed by atoms with Gasteiger partial charge in [0.2, 0.25) is 0 Å². The zero-order valence-corrected chi connectivity index (χ0v) is 10.4. The van der Waals surface area contributed by atoms with Gasteiger partial charge >= 0.3 is 0 Å². The van der Waals surface area contributed by atoms with Crippen LogP contribution in [-0.4, -0.2) is 16.3 Å². The van der Waals surface area contributed by atoms with Crippen molar-refractivity contribution in [1.29, 1.82) is 0 Å². The molecule has 0 saturated heterocycles. The number of furan rings is 1. The highest BCUT2D eigenvalue weighted by molar-refractivity contribution is 7.80. The lowest BCUT2D eigenvalue weighted by atomic mass is 10.3. The van der Waals surface area contributed by atoms with Crippen LogP contribution in [0.5, 0.6) is 0 Å². The van der Waals surface area contributed by atoms with Gasteiger partial charge in [-0.1, -0.05) is 0 Å². The predicted molar refractivity (Wildman–Crippen MR) is 73.1 cm³/mol. The molecule has 2 rings (SSSR count). The van der Waals surface area contributed by atoms with Gasteiger partial charge in [-0.05, 0) is 42.0 Å². The fraction of sp³-hybridized carbons (Fsp3) is 0.0833. The second-order valence-corrected chi connectivity index (χ2v) is 3.82. The Labute approximate surface area is 110 Å². The molecule has 6 heteroatoms. The summed E-state index contributed by atoms with van der Waals surface area (Å²) in [7, 11) is 0. The van der Waals surface area contributed by atoms with E-state index in [1.165, 1.54) is 0 Å². The molecule has 18 heavy (non-hydrogen) atoms. The number of hydrogen-bond acceptors (Lipinski definition) is 4. The number of rotatable bonds is 4.